The molecule has 0 fully saturated rings. The minimum Gasteiger partial charge on any atom is -0.445 e. The monoisotopic (exact) mass is 201 g/mol. The second-order valence-corrected chi connectivity index (χ2v) is 2.62. The van der Waals surface area contributed by atoms with Crippen molar-refractivity contribution < 1.29 is 19.4 Å². The maximum atomic E-state index is 11.0. The molecule has 0 aromatic carbocycles. The van der Waals surface area contributed by atoms with Crippen LogP contribution in [0.3, 0.4) is 0 Å². The number of alkyl carbamates (subject to hydrolysis) is 1. The summed E-state index contributed by atoms with van der Waals surface area (Å²) in [6, 6.07) is -0.683. The highest BCUT2D eigenvalue weighted by molar-refractivity contribution is 5.88. The Balaban J connectivity index is 3.98. The molecular formula is C9H15NO4. The molecule has 0 spiro atoms. The van der Waals surface area contributed by atoms with E-state index in [2.05, 4.69) is 16.6 Å². The van der Waals surface area contributed by atoms with Crippen LogP contribution in [0, 0.1) is 0 Å². The smallest absolute Gasteiger partial charge is 0.408 e. The summed E-state index contributed by atoms with van der Waals surface area (Å²) < 4.78 is 4.62. The Kier molecular flexibility index (Phi) is 6.39. The molecule has 80 valence electrons. The zero-order valence-corrected chi connectivity index (χ0v) is 8.16. The fourth-order valence-electron chi connectivity index (χ4n) is 0.839. The molecule has 0 bridgehead atoms. The van der Waals surface area contributed by atoms with Crippen LogP contribution < -0.4 is 5.32 Å². The number of aliphatic hydroxyl groups excluding tert-OH is 1. The van der Waals surface area contributed by atoms with Gasteiger partial charge in [-0.1, -0.05) is 19.6 Å². The van der Waals surface area contributed by atoms with Crippen LogP contribution in [0.1, 0.15) is 13.3 Å². The minimum absolute atomic E-state index is 0.0928. The van der Waals surface area contributed by atoms with Gasteiger partial charge in [0.25, 0.3) is 0 Å². The summed E-state index contributed by atoms with van der Waals surface area (Å²) in [6.45, 7) is 4.61. The van der Waals surface area contributed by atoms with E-state index in [1.54, 1.807) is 6.92 Å². The quantitative estimate of drug-likeness (QED) is 0.603. The molecule has 0 aliphatic heterocycles. The molecule has 5 nitrogen and oxygen atoms in total. The molecular weight excluding hydrogens is 186 g/mol. The zero-order chi connectivity index (χ0) is 11.0. The van der Waals surface area contributed by atoms with Crippen molar-refractivity contribution >= 4 is 11.9 Å². The molecule has 0 rings (SSSR count). The molecule has 0 aromatic heterocycles. The summed E-state index contributed by atoms with van der Waals surface area (Å²) >= 11 is 0. The van der Waals surface area contributed by atoms with Gasteiger partial charge in [-0.25, -0.2) is 4.79 Å². The molecule has 0 aromatic rings. The van der Waals surface area contributed by atoms with Gasteiger partial charge in [0.05, 0.1) is 6.04 Å². The number of hydrogen-bond acceptors (Lipinski definition) is 4. The van der Waals surface area contributed by atoms with E-state index in [-0.39, 0.29) is 6.61 Å². The van der Waals surface area contributed by atoms with Crippen LogP contribution in [-0.4, -0.2) is 36.2 Å². The predicted octanol–water partition coefficient (Wildman–Crippen LogP) is 0.239. The van der Waals surface area contributed by atoms with Crippen molar-refractivity contribution in [2.24, 2.45) is 0 Å². The Morgan fingerprint density at radius 3 is 2.71 bits per heavy atom. The maximum absolute atomic E-state index is 11.0. The Morgan fingerprint density at radius 2 is 2.29 bits per heavy atom. The number of carbonyl (C=O) groups is 2. The number of rotatable bonds is 6. The Morgan fingerprint density at radius 1 is 1.64 bits per heavy atom. The molecule has 1 unspecified atom stereocenters. The lowest BCUT2D eigenvalue weighted by Gasteiger charge is -2.13. The molecule has 1 atom stereocenters. The van der Waals surface area contributed by atoms with Crippen LogP contribution >= 0.6 is 0 Å². The topological polar surface area (TPSA) is 75.6 Å². The third kappa shape index (κ3) is 4.61. The average molecular weight is 201 g/mol. The number of Topliss-reactive ketones (excluding diaryl/α,β-unsaturated/α-hetero) is 1. The average Bonchev–Trinajstić information content (AvgIpc) is 2.21. The first-order valence-electron chi connectivity index (χ1n) is 4.33. The van der Waals surface area contributed by atoms with E-state index in [4.69, 9.17) is 5.11 Å². The molecule has 0 aliphatic carbocycles. The minimum atomic E-state index is -0.683. The van der Waals surface area contributed by atoms with E-state index in [0.29, 0.717) is 6.42 Å². The molecule has 0 saturated heterocycles. The van der Waals surface area contributed by atoms with E-state index in [1.807, 2.05) is 0 Å². The number of aliphatic hydroxyl groups is 1. The molecule has 1 amide bonds. The van der Waals surface area contributed by atoms with Gasteiger partial charge in [-0.3, -0.25) is 4.79 Å². The SMILES string of the molecule is C=CCOC(=O)NC(CC)C(=O)CO. The van der Waals surface area contributed by atoms with Gasteiger partial charge in [0.15, 0.2) is 5.78 Å². The van der Waals surface area contributed by atoms with Gasteiger partial charge in [-0.2, -0.15) is 0 Å². The molecule has 0 saturated carbocycles. The van der Waals surface area contributed by atoms with Gasteiger partial charge in [0.2, 0.25) is 0 Å². The lowest BCUT2D eigenvalue weighted by molar-refractivity contribution is -0.123. The summed E-state index contributed by atoms with van der Waals surface area (Å²) in [5, 5.41) is 10.9. The van der Waals surface area contributed by atoms with Crippen LogP contribution in [0.4, 0.5) is 4.79 Å². The number of ether oxygens (including phenoxy) is 1. The molecule has 0 heterocycles. The second kappa shape index (κ2) is 7.08. The van der Waals surface area contributed by atoms with Gasteiger partial charge in [-0.05, 0) is 6.42 Å². The van der Waals surface area contributed by atoms with Crippen LogP contribution in [-0.2, 0) is 9.53 Å². The summed E-state index contributed by atoms with van der Waals surface area (Å²) in [6.07, 6.45) is 1.16. The third-order valence-corrected chi connectivity index (χ3v) is 1.58. The lowest BCUT2D eigenvalue weighted by Crippen LogP contribution is -2.41. The molecule has 5 heteroatoms. The van der Waals surface area contributed by atoms with Gasteiger partial charge in [-0.15, -0.1) is 0 Å². The normalized spacial score (nSPS) is 11.6. The Hall–Kier alpha value is -1.36. The van der Waals surface area contributed by atoms with E-state index in [9.17, 15) is 9.59 Å². The summed E-state index contributed by atoms with van der Waals surface area (Å²) in [5.74, 6) is -0.428. The van der Waals surface area contributed by atoms with Crippen LogP contribution in [0.25, 0.3) is 0 Å². The highest BCUT2D eigenvalue weighted by Crippen LogP contribution is 1.93. The van der Waals surface area contributed by atoms with E-state index in [1.165, 1.54) is 6.08 Å². The largest absolute Gasteiger partial charge is 0.445 e. The van der Waals surface area contributed by atoms with Gasteiger partial charge >= 0.3 is 6.09 Å². The van der Waals surface area contributed by atoms with Crippen molar-refractivity contribution in [3.63, 3.8) is 0 Å². The number of nitrogens with one attached hydrogen (secondary N) is 1. The fraction of sp³-hybridized carbons (Fsp3) is 0.556. The first-order chi connectivity index (χ1) is 6.65. The first kappa shape index (κ1) is 12.6. The molecule has 14 heavy (non-hydrogen) atoms. The maximum Gasteiger partial charge on any atom is 0.408 e. The fourth-order valence-corrected chi connectivity index (χ4v) is 0.839. The van der Waals surface area contributed by atoms with Gasteiger partial charge in [0.1, 0.15) is 13.2 Å². The van der Waals surface area contributed by atoms with Crippen molar-refractivity contribution in [3.05, 3.63) is 12.7 Å². The van der Waals surface area contributed by atoms with Crippen LogP contribution in [0.2, 0.25) is 0 Å². The standard InChI is InChI=1S/C9H15NO4/c1-3-5-14-9(13)10-7(4-2)8(12)6-11/h3,7,11H,1,4-6H2,2H3,(H,10,13). The number of ketones is 1. The molecule has 2 N–H and O–H groups in total. The molecule has 0 aliphatic rings. The van der Waals surface area contributed by atoms with Gasteiger partial charge in [0, 0.05) is 0 Å². The predicted molar refractivity (Wildman–Crippen MR) is 50.9 cm³/mol. The van der Waals surface area contributed by atoms with E-state index >= 15 is 0 Å². The van der Waals surface area contributed by atoms with Gasteiger partial charge < -0.3 is 15.2 Å². The van der Waals surface area contributed by atoms with E-state index < -0.39 is 24.5 Å². The van der Waals surface area contributed by atoms with Crippen LogP contribution in [0.15, 0.2) is 12.7 Å². The van der Waals surface area contributed by atoms with E-state index in [0.717, 1.165) is 0 Å². The zero-order valence-electron chi connectivity index (χ0n) is 8.16. The third-order valence-electron chi connectivity index (χ3n) is 1.58. The summed E-state index contributed by atoms with van der Waals surface area (Å²) in [5.41, 5.74) is 0. The summed E-state index contributed by atoms with van der Waals surface area (Å²) in [4.78, 5) is 22.0. The first-order valence-corrected chi connectivity index (χ1v) is 4.33. The highest BCUT2D eigenvalue weighted by atomic mass is 16.5. The lowest BCUT2D eigenvalue weighted by atomic mass is 10.1. The summed E-state index contributed by atoms with van der Waals surface area (Å²) in [7, 11) is 0. The highest BCUT2D eigenvalue weighted by Gasteiger charge is 2.17. The van der Waals surface area contributed by atoms with Crippen molar-refractivity contribution in [1.82, 2.24) is 5.32 Å². The van der Waals surface area contributed by atoms with Crippen molar-refractivity contribution in [2.75, 3.05) is 13.2 Å². The molecule has 0 radical (unpaired) electrons. The number of carbonyl (C=O) groups excluding carboxylic acids is 2. The van der Waals surface area contributed by atoms with Crippen molar-refractivity contribution in [2.45, 2.75) is 19.4 Å². The second-order valence-electron chi connectivity index (χ2n) is 2.62. The Bertz CT molecular complexity index is 215. The Labute approximate surface area is 82.7 Å². The van der Waals surface area contributed by atoms with Crippen molar-refractivity contribution in [1.29, 1.82) is 0 Å². The number of hydrogen-bond donors (Lipinski definition) is 2. The van der Waals surface area contributed by atoms with Crippen LogP contribution in [0.5, 0.6) is 0 Å². The number of amides is 1. The van der Waals surface area contributed by atoms with Crippen molar-refractivity contribution in [3.8, 4) is 0 Å².